The van der Waals surface area contributed by atoms with Crippen LogP contribution >= 0.6 is 0 Å². The summed E-state index contributed by atoms with van der Waals surface area (Å²) in [6.07, 6.45) is -3.04. The van der Waals surface area contributed by atoms with Gasteiger partial charge in [0, 0.05) is 20.4 Å². The molecule has 0 nitrogen and oxygen atoms in total. The standard InChI is InChI=1S/C2HF3.Pd/c3-1-2(4)5;/h1H;. The predicted octanol–water partition coefficient (Wildman–Crippen LogP) is 1.69. The van der Waals surface area contributed by atoms with Crippen LogP contribution in [0.15, 0.2) is 12.4 Å². The molecule has 0 aliphatic carbocycles. The predicted molar refractivity (Wildman–Crippen MR) is 11.4 cm³/mol. The molecule has 0 radical (unpaired) electrons. The van der Waals surface area contributed by atoms with Gasteiger partial charge in [-0.25, -0.2) is 4.39 Å². The molecule has 0 aromatic carbocycles. The molecule has 0 amide bonds. The van der Waals surface area contributed by atoms with Crippen molar-refractivity contribution in [3.63, 3.8) is 0 Å². The van der Waals surface area contributed by atoms with Crippen molar-refractivity contribution in [2.24, 2.45) is 0 Å². The van der Waals surface area contributed by atoms with E-state index >= 15 is 0 Å². The first-order valence-electron chi connectivity index (χ1n) is 0.885. The molecule has 4 heteroatoms. The van der Waals surface area contributed by atoms with Crippen molar-refractivity contribution in [2.45, 2.75) is 0 Å². The first-order chi connectivity index (χ1) is 2.27. The van der Waals surface area contributed by atoms with E-state index in [1.54, 1.807) is 0 Å². The maximum Gasteiger partial charge on any atom is 0.298 e. The Morgan fingerprint density at radius 1 is 1.33 bits per heavy atom. The van der Waals surface area contributed by atoms with Crippen molar-refractivity contribution in [3.8, 4) is 0 Å². The summed E-state index contributed by atoms with van der Waals surface area (Å²) in [4.78, 5) is 0. The molecule has 0 N–H and O–H groups in total. The van der Waals surface area contributed by atoms with E-state index in [1.807, 2.05) is 0 Å². The Morgan fingerprint density at radius 3 is 1.50 bits per heavy atom. The number of rotatable bonds is 0. The fraction of sp³-hybridized carbons (Fsp3) is 0. The fourth-order valence-electron chi connectivity index (χ4n) is 0. The van der Waals surface area contributed by atoms with Crippen LogP contribution in [-0.2, 0) is 20.4 Å². The summed E-state index contributed by atoms with van der Waals surface area (Å²) in [7, 11) is 0. The van der Waals surface area contributed by atoms with Gasteiger partial charge in [0.1, 0.15) is 0 Å². The molecule has 0 atom stereocenters. The van der Waals surface area contributed by atoms with Gasteiger partial charge < -0.3 is 0 Å². The topological polar surface area (TPSA) is 0 Å². The average molecular weight is 188 g/mol. The second-order valence-corrected chi connectivity index (χ2v) is 0.399. The van der Waals surface area contributed by atoms with E-state index in [0.717, 1.165) is 0 Å². The van der Waals surface area contributed by atoms with Crippen molar-refractivity contribution < 1.29 is 33.6 Å². The van der Waals surface area contributed by atoms with Gasteiger partial charge in [-0.1, -0.05) is 0 Å². The third kappa shape index (κ3) is 8.89. The fourth-order valence-corrected chi connectivity index (χ4v) is 0. The largest absolute Gasteiger partial charge is 0.298 e. The van der Waals surface area contributed by atoms with Gasteiger partial charge in [-0.05, 0) is 0 Å². The SMILES string of the molecule is FC=C(F)F.[Pd]. The molecule has 0 saturated carbocycles. The molecule has 0 bridgehead atoms. The van der Waals surface area contributed by atoms with Crippen LogP contribution in [0.1, 0.15) is 0 Å². The second kappa shape index (κ2) is 5.19. The molecule has 0 saturated heterocycles. The van der Waals surface area contributed by atoms with Crippen LogP contribution < -0.4 is 0 Å². The molecule has 0 spiro atoms. The number of hydrogen-bond donors (Lipinski definition) is 0. The van der Waals surface area contributed by atoms with Crippen molar-refractivity contribution in [1.82, 2.24) is 0 Å². The smallest absolute Gasteiger partial charge is 0.210 e. The van der Waals surface area contributed by atoms with E-state index in [-0.39, 0.29) is 20.4 Å². The summed E-state index contributed by atoms with van der Waals surface area (Å²) in [5, 5.41) is 0. The van der Waals surface area contributed by atoms with Gasteiger partial charge >= 0.3 is 0 Å². The Labute approximate surface area is 46.7 Å². The molecule has 40 valence electrons. The Kier molecular flexibility index (Phi) is 8.22. The molecule has 0 unspecified atom stereocenters. The molecule has 0 fully saturated rings. The number of hydrogen-bond acceptors (Lipinski definition) is 0. The summed E-state index contributed by atoms with van der Waals surface area (Å²) in [6, 6.07) is 0. The van der Waals surface area contributed by atoms with Gasteiger partial charge in [0.25, 0.3) is 6.08 Å². The molecule has 0 aliphatic rings. The van der Waals surface area contributed by atoms with Gasteiger partial charge in [-0.3, -0.25) is 0 Å². The zero-order chi connectivity index (χ0) is 4.28. The Morgan fingerprint density at radius 2 is 1.50 bits per heavy atom. The molecule has 0 aromatic rings. The van der Waals surface area contributed by atoms with Crippen molar-refractivity contribution in [2.75, 3.05) is 0 Å². The van der Waals surface area contributed by atoms with E-state index in [2.05, 4.69) is 0 Å². The quantitative estimate of drug-likeness (QED) is 0.508. The Hall–Kier alpha value is 0.192. The Bertz CT molecular complexity index is 46.8. The zero-order valence-electron chi connectivity index (χ0n) is 2.53. The maximum absolute atomic E-state index is 10.2. The average Bonchev–Trinajstić information content (AvgIpc) is 1.38. The van der Waals surface area contributed by atoms with Crippen LogP contribution in [0, 0.1) is 0 Å². The summed E-state index contributed by atoms with van der Waals surface area (Å²) in [6.45, 7) is 0. The van der Waals surface area contributed by atoms with Crippen LogP contribution in [0.5, 0.6) is 0 Å². The van der Waals surface area contributed by atoms with Crippen LogP contribution in [0.3, 0.4) is 0 Å². The van der Waals surface area contributed by atoms with Crippen molar-refractivity contribution in [3.05, 3.63) is 12.4 Å². The second-order valence-electron chi connectivity index (χ2n) is 0.399. The van der Waals surface area contributed by atoms with E-state index in [1.165, 1.54) is 0 Å². The third-order valence-corrected chi connectivity index (χ3v) is 0.0825. The van der Waals surface area contributed by atoms with Crippen LogP contribution in [0.25, 0.3) is 0 Å². The molecular formula is C2HF3Pd. The summed E-state index contributed by atoms with van der Waals surface area (Å²) >= 11 is 0. The summed E-state index contributed by atoms with van der Waals surface area (Å²) in [5.41, 5.74) is 0. The minimum atomic E-state index is -2.29. The molecule has 0 aromatic heterocycles. The van der Waals surface area contributed by atoms with E-state index in [4.69, 9.17) is 0 Å². The van der Waals surface area contributed by atoms with Gasteiger partial charge in [0.05, 0.1) is 0 Å². The van der Waals surface area contributed by atoms with Crippen LogP contribution in [0.4, 0.5) is 13.2 Å². The van der Waals surface area contributed by atoms with Gasteiger partial charge in [-0.15, -0.1) is 0 Å². The molecule has 0 rings (SSSR count). The molecular weight excluding hydrogens is 187 g/mol. The Balaban J connectivity index is 0. The van der Waals surface area contributed by atoms with E-state index in [9.17, 15) is 13.2 Å². The minimum Gasteiger partial charge on any atom is -0.210 e. The molecule has 6 heavy (non-hydrogen) atoms. The minimum absolute atomic E-state index is 0. The maximum atomic E-state index is 10.2. The molecule has 0 heterocycles. The summed E-state index contributed by atoms with van der Waals surface area (Å²) in [5.74, 6) is 0. The van der Waals surface area contributed by atoms with Crippen LogP contribution in [-0.4, -0.2) is 0 Å². The van der Waals surface area contributed by atoms with Gasteiger partial charge in [-0.2, -0.15) is 8.78 Å². The third-order valence-electron chi connectivity index (χ3n) is 0.0825. The first-order valence-corrected chi connectivity index (χ1v) is 0.885. The monoisotopic (exact) mass is 188 g/mol. The molecule has 0 aliphatic heterocycles. The van der Waals surface area contributed by atoms with Crippen LogP contribution in [0.2, 0.25) is 0 Å². The summed E-state index contributed by atoms with van der Waals surface area (Å²) < 4.78 is 30.7. The van der Waals surface area contributed by atoms with Gasteiger partial charge in [0.2, 0.25) is 0 Å². The first kappa shape index (κ1) is 9.50. The zero-order valence-corrected chi connectivity index (χ0v) is 4.08. The van der Waals surface area contributed by atoms with E-state index < -0.39 is 12.4 Å². The van der Waals surface area contributed by atoms with Gasteiger partial charge in [0.15, 0.2) is 6.33 Å². The normalized spacial score (nSPS) is 5.83. The van der Waals surface area contributed by atoms with Crippen molar-refractivity contribution in [1.29, 1.82) is 0 Å². The van der Waals surface area contributed by atoms with E-state index in [0.29, 0.717) is 0 Å². The number of halogens is 3. The van der Waals surface area contributed by atoms with Crippen molar-refractivity contribution >= 4 is 0 Å².